The van der Waals surface area contributed by atoms with E-state index in [1.165, 1.54) is 6.08 Å². The van der Waals surface area contributed by atoms with Gasteiger partial charge in [0.05, 0.1) is 10.6 Å². The number of hydrogen-bond acceptors (Lipinski definition) is 8. The maximum atomic E-state index is 12.2. The van der Waals surface area contributed by atoms with E-state index >= 15 is 0 Å². The number of aromatic nitrogens is 2. The number of anilines is 1. The first kappa shape index (κ1) is 23.0. The third-order valence-corrected chi connectivity index (χ3v) is 5.41. The zero-order valence-electron chi connectivity index (χ0n) is 18.0. The quantitative estimate of drug-likeness (QED) is 0.319. The van der Waals surface area contributed by atoms with Crippen LogP contribution in [-0.4, -0.2) is 40.1 Å². The highest BCUT2D eigenvalue weighted by Gasteiger charge is 2.25. The van der Waals surface area contributed by atoms with Crippen molar-refractivity contribution in [3.8, 4) is 5.88 Å². The molecule has 9 nitrogen and oxygen atoms in total. The van der Waals surface area contributed by atoms with Crippen molar-refractivity contribution >= 4 is 40.8 Å². The number of nitrogens with one attached hydrogen (secondary N) is 3. The summed E-state index contributed by atoms with van der Waals surface area (Å²) in [4.78, 5) is 44.5. The van der Waals surface area contributed by atoms with Gasteiger partial charge in [-0.05, 0) is 35.5 Å². The smallest absolute Gasteiger partial charge is 0.290 e. The second-order valence-corrected chi connectivity index (χ2v) is 8.14. The third-order valence-electron chi connectivity index (χ3n) is 4.60. The zero-order valence-corrected chi connectivity index (χ0v) is 18.8. The molecule has 1 aliphatic rings. The molecule has 1 aromatic heterocycles. The van der Waals surface area contributed by atoms with E-state index in [9.17, 15) is 14.4 Å². The summed E-state index contributed by atoms with van der Waals surface area (Å²) >= 11 is 0.805. The van der Waals surface area contributed by atoms with Crippen molar-refractivity contribution in [2.24, 2.45) is 0 Å². The Morgan fingerprint density at radius 2 is 1.74 bits per heavy atom. The summed E-state index contributed by atoms with van der Waals surface area (Å²) in [6.07, 6.45) is 1.50. The van der Waals surface area contributed by atoms with Gasteiger partial charge in [0, 0.05) is 24.7 Å². The second-order valence-electron chi connectivity index (χ2n) is 7.13. The lowest BCUT2D eigenvalue weighted by Crippen LogP contribution is -2.29. The van der Waals surface area contributed by atoms with Crippen LogP contribution in [0.5, 0.6) is 5.88 Å². The van der Waals surface area contributed by atoms with Gasteiger partial charge in [0.2, 0.25) is 11.8 Å². The van der Waals surface area contributed by atoms with Crippen molar-refractivity contribution in [2.45, 2.75) is 6.61 Å². The summed E-state index contributed by atoms with van der Waals surface area (Å²) in [5, 5.41) is 7.66. The predicted molar refractivity (Wildman–Crippen MR) is 129 cm³/mol. The van der Waals surface area contributed by atoms with E-state index in [1.807, 2.05) is 36.4 Å². The molecular weight excluding hydrogens is 454 g/mol. The molecule has 172 valence electrons. The fraction of sp³-hybridized carbons (Fsp3) is 0.125. The number of carbonyl (C=O) groups is 3. The van der Waals surface area contributed by atoms with E-state index in [-0.39, 0.29) is 16.8 Å². The number of carbonyl (C=O) groups excluding carboxylic acids is 3. The highest BCUT2D eigenvalue weighted by atomic mass is 32.2. The normalized spacial score (nSPS) is 14.1. The molecule has 0 unspecified atom stereocenters. The Hall–Kier alpha value is -4.18. The van der Waals surface area contributed by atoms with Crippen LogP contribution in [-0.2, 0) is 11.4 Å². The highest BCUT2D eigenvalue weighted by molar-refractivity contribution is 8.18. The van der Waals surface area contributed by atoms with Gasteiger partial charge in [-0.2, -0.15) is 4.98 Å². The SMILES string of the molecule is O=C1NC(=O)/C(=C/c2cc(OCc3ccccc3)nc(NCCNC(=O)c3ccccc3)n2)S1. The van der Waals surface area contributed by atoms with Crippen LogP contribution in [0.3, 0.4) is 0 Å². The predicted octanol–water partition coefficient (Wildman–Crippen LogP) is 3.22. The van der Waals surface area contributed by atoms with E-state index in [1.54, 1.807) is 30.3 Å². The highest BCUT2D eigenvalue weighted by Crippen LogP contribution is 2.26. The fourth-order valence-electron chi connectivity index (χ4n) is 3.00. The number of amides is 3. The zero-order chi connectivity index (χ0) is 23.8. The molecule has 4 rings (SSSR count). The Bertz CT molecular complexity index is 1220. The summed E-state index contributed by atoms with van der Waals surface area (Å²) in [7, 11) is 0. The molecule has 1 saturated heterocycles. The molecule has 10 heteroatoms. The summed E-state index contributed by atoms with van der Waals surface area (Å²) in [5.74, 6) is -0.0847. The Labute approximate surface area is 200 Å². The molecule has 3 N–H and O–H groups in total. The molecule has 0 radical (unpaired) electrons. The number of hydrogen-bond donors (Lipinski definition) is 3. The van der Waals surface area contributed by atoms with Gasteiger partial charge in [0.15, 0.2) is 0 Å². The van der Waals surface area contributed by atoms with E-state index in [0.717, 1.165) is 17.3 Å². The standard InChI is InChI=1S/C24H21N5O4S/c30-21(17-9-5-2-6-10-17)25-11-12-26-23-27-18(13-19-22(31)29-24(32)34-19)14-20(28-23)33-15-16-7-3-1-4-8-16/h1-10,13-14H,11-12,15H2,(H,25,30)(H,26,27,28)(H,29,31,32)/b19-13-. The van der Waals surface area contributed by atoms with Gasteiger partial charge in [-0.1, -0.05) is 48.5 Å². The molecule has 0 saturated carbocycles. The Morgan fingerprint density at radius 1 is 1.00 bits per heavy atom. The van der Waals surface area contributed by atoms with E-state index in [0.29, 0.717) is 36.8 Å². The van der Waals surface area contributed by atoms with Crippen molar-refractivity contribution in [3.63, 3.8) is 0 Å². The number of benzene rings is 2. The van der Waals surface area contributed by atoms with Crippen LogP contribution in [0.1, 0.15) is 21.6 Å². The van der Waals surface area contributed by atoms with Gasteiger partial charge in [0.25, 0.3) is 17.1 Å². The van der Waals surface area contributed by atoms with Gasteiger partial charge in [-0.3, -0.25) is 19.7 Å². The minimum atomic E-state index is -0.474. The van der Waals surface area contributed by atoms with E-state index in [2.05, 4.69) is 25.9 Å². The molecule has 3 aromatic rings. The largest absolute Gasteiger partial charge is 0.473 e. The monoisotopic (exact) mass is 475 g/mol. The summed E-state index contributed by atoms with van der Waals surface area (Å²) in [5.41, 5.74) is 1.95. The lowest BCUT2D eigenvalue weighted by atomic mass is 10.2. The molecule has 0 bridgehead atoms. The van der Waals surface area contributed by atoms with E-state index < -0.39 is 11.1 Å². The average molecular weight is 476 g/mol. The molecule has 1 aliphatic heterocycles. The van der Waals surface area contributed by atoms with Gasteiger partial charge >= 0.3 is 0 Å². The number of imide groups is 1. The van der Waals surface area contributed by atoms with Crippen LogP contribution in [0.25, 0.3) is 6.08 Å². The van der Waals surface area contributed by atoms with Crippen molar-refractivity contribution in [1.82, 2.24) is 20.6 Å². The number of nitrogens with zero attached hydrogens (tertiary/aromatic N) is 2. The van der Waals surface area contributed by atoms with Gasteiger partial charge in [-0.15, -0.1) is 0 Å². The van der Waals surface area contributed by atoms with Crippen LogP contribution >= 0.6 is 11.8 Å². The van der Waals surface area contributed by atoms with Crippen LogP contribution < -0.4 is 20.7 Å². The van der Waals surface area contributed by atoms with Crippen molar-refractivity contribution in [3.05, 3.63) is 88.5 Å². The molecular formula is C24H21N5O4S. The molecule has 3 amide bonds. The minimum Gasteiger partial charge on any atom is -0.473 e. The molecule has 34 heavy (non-hydrogen) atoms. The van der Waals surface area contributed by atoms with Crippen LogP contribution in [0, 0.1) is 0 Å². The lowest BCUT2D eigenvalue weighted by molar-refractivity contribution is -0.115. The first-order valence-electron chi connectivity index (χ1n) is 10.4. The molecule has 2 aromatic carbocycles. The summed E-state index contributed by atoms with van der Waals surface area (Å²) in [6, 6.07) is 20.1. The van der Waals surface area contributed by atoms with Crippen molar-refractivity contribution < 1.29 is 19.1 Å². The third kappa shape index (κ3) is 6.42. The fourth-order valence-corrected chi connectivity index (χ4v) is 3.67. The maximum absolute atomic E-state index is 12.2. The van der Waals surface area contributed by atoms with Crippen molar-refractivity contribution in [2.75, 3.05) is 18.4 Å². The van der Waals surface area contributed by atoms with Crippen molar-refractivity contribution in [1.29, 1.82) is 0 Å². The summed E-state index contributed by atoms with van der Waals surface area (Å²) < 4.78 is 5.82. The van der Waals surface area contributed by atoms with E-state index in [4.69, 9.17) is 4.74 Å². The van der Waals surface area contributed by atoms with Gasteiger partial charge < -0.3 is 15.4 Å². The molecule has 0 aliphatic carbocycles. The Kier molecular flexibility index (Phi) is 7.51. The maximum Gasteiger partial charge on any atom is 0.290 e. The van der Waals surface area contributed by atoms with Gasteiger partial charge in [0.1, 0.15) is 6.61 Å². The van der Waals surface area contributed by atoms with Crippen LogP contribution in [0.2, 0.25) is 0 Å². The topological polar surface area (TPSA) is 122 Å². The first-order chi connectivity index (χ1) is 16.6. The Morgan fingerprint density at radius 3 is 2.44 bits per heavy atom. The number of thioether (sulfide) groups is 1. The Balaban J connectivity index is 1.44. The number of ether oxygens (including phenoxy) is 1. The molecule has 2 heterocycles. The second kappa shape index (κ2) is 11.1. The molecule has 0 atom stereocenters. The minimum absolute atomic E-state index is 0.178. The van der Waals surface area contributed by atoms with Gasteiger partial charge in [-0.25, -0.2) is 4.98 Å². The number of rotatable bonds is 9. The lowest BCUT2D eigenvalue weighted by Gasteiger charge is -2.11. The summed E-state index contributed by atoms with van der Waals surface area (Å²) in [6.45, 7) is 1.01. The van der Waals surface area contributed by atoms with Crippen LogP contribution in [0.4, 0.5) is 10.7 Å². The molecule has 1 fully saturated rings. The molecule has 0 spiro atoms. The van der Waals surface area contributed by atoms with Crippen LogP contribution in [0.15, 0.2) is 71.6 Å². The average Bonchev–Trinajstić information content (AvgIpc) is 3.17. The first-order valence-corrected chi connectivity index (χ1v) is 11.3.